The molecule has 156 valence electrons. The van der Waals surface area contributed by atoms with Gasteiger partial charge in [0.15, 0.2) is 0 Å². The number of hydrogen-bond donors (Lipinski definition) is 1. The van der Waals surface area contributed by atoms with E-state index in [0.717, 1.165) is 34.1 Å². The number of methoxy groups -OCH3 is 1. The number of carbonyl (C=O) groups excluding carboxylic acids is 1. The van der Waals surface area contributed by atoms with E-state index < -0.39 is 0 Å². The van der Waals surface area contributed by atoms with Crippen molar-refractivity contribution in [3.63, 3.8) is 0 Å². The highest BCUT2D eigenvalue weighted by molar-refractivity contribution is 6.15. The number of rotatable bonds is 8. The second-order valence-electron chi connectivity index (χ2n) is 6.93. The van der Waals surface area contributed by atoms with E-state index >= 15 is 0 Å². The Kier molecular flexibility index (Phi) is 6.95. The summed E-state index contributed by atoms with van der Waals surface area (Å²) >= 11 is 0. The van der Waals surface area contributed by atoms with Crippen LogP contribution in [0, 0.1) is 13.8 Å². The predicted octanol–water partition coefficient (Wildman–Crippen LogP) is 3.26. The SMILES string of the molecule is CCNC(=O)CCN=C(c1ccc(C)cc1)c1cc(OC)ccc1-n1cnnc1C. The van der Waals surface area contributed by atoms with E-state index in [9.17, 15) is 4.79 Å². The van der Waals surface area contributed by atoms with Gasteiger partial charge in [-0.15, -0.1) is 10.2 Å². The number of hydrogen-bond acceptors (Lipinski definition) is 5. The third kappa shape index (κ3) is 4.92. The Bertz CT molecular complexity index is 1040. The minimum Gasteiger partial charge on any atom is -0.497 e. The minimum absolute atomic E-state index is 0.00924. The van der Waals surface area contributed by atoms with E-state index in [4.69, 9.17) is 9.73 Å². The van der Waals surface area contributed by atoms with Gasteiger partial charge in [-0.1, -0.05) is 29.8 Å². The fraction of sp³-hybridized carbons (Fsp3) is 0.304. The molecule has 1 aromatic heterocycles. The number of aromatic nitrogens is 3. The van der Waals surface area contributed by atoms with Crippen molar-refractivity contribution in [2.24, 2.45) is 4.99 Å². The summed E-state index contributed by atoms with van der Waals surface area (Å²) in [7, 11) is 1.64. The summed E-state index contributed by atoms with van der Waals surface area (Å²) in [5.41, 5.74) is 4.71. The van der Waals surface area contributed by atoms with Crippen molar-refractivity contribution >= 4 is 11.6 Å². The van der Waals surface area contributed by atoms with Crippen LogP contribution >= 0.6 is 0 Å². The van der Waals surface area contributed by atoms with Crippen LogP contribution in [0.5, 0.6) is 5.75 Å². The number of ether oxygens (including phenoxy) is 1. The Hall–Kier alpha value is -3.48. The van der Waals surface area contributed by atoms with Crippen LogP contribution < -0.4 is 10.1 Å². The zero-order valence-corrected chi connectivity index (χ0v) is 17.8. The first kappa shape index (κ1) is 21.2. The van der Waals surface area contributed by atoms with Gasteiger partial charge in [0.1, 0.15) is 17.9 Å². The lowest BCUT2D eigenvalue weighted by molar-refractivity contribution is -0.120. The summed E-state index contributed by atoms with van der Waals surface area (Å²) in [5.74, 6) is 1.49. The van der Waals surface area contributed by atoms with Crippen molar-refractivity contribution in [3.8, 4) is 11.4 Å². The fourth-order valence-corrected chi connectivity index (χ4v) is 3.17. The molecule has 0 bridgehead atoms. The lowest BCUT2D eigenvalue weighted by atomic mass is 9.99. The Balaban J connectivity index is 2.11. The van der Waals surface area contributed by atoms with Gasteiger partial charge in [-0.05, 0) is 39.0 Å². The lowest BCUT2D eigenvalue weighted by Crippen LogP contribution is -2.23. The predicted molar refractivity (Wildman–Crippen MR) is 118 cm³/mol. The molecule has 30 heavy (non-hydrogen) atoms. The topological polar surface area (TPSA) is 81.4 Å². The first-order valence-electron chi connectivity index (χ1n) is 9.97. The van der Waals surface area contributed by atoms with Crippen LogP contribution in [0.3, 0.4) is 0 Å². The molecule has 1 heterocycles. The normalized spacial score (nSPS) is 11.4. The highest BCUT2D eigenvalue weighted by Crippen LogP contribution is 2.25. The fourth-order valence-electron chi connectivity index (χ4n) is 3.17. The molecule has 7 heteroatoms. The molecule has 0 aliphatic rings. The average molecular weight is 406 g/mol. The molecule has 0 spiro atoms. The molecule has 0 radical (unpaired) electrons. The summed E-state index contributed by atoms with van der Waals surface area (Å²) in [4.78, 5) is 16.8. The van der Waals surface area contributed by atoms with Crippen molar-refractivity contribution in [1.29, 1.82) is 0 Å². The van der Waals surface area contributed by atoms with Gasteiger partial charge in [0.25, 0.3) is 0 Å². The molecular formula is C23H27N5O2. The molecule has 1 amide bonds. The number of aryl methyl sites for hydroxylation is 2. The summed E-state index contributed by atoms with van der Waals surface area (Å²) in [5, 5.41) is 11.0. The van der Waals surface area contributed by atoms with E-state index in [2.05, 4.69) is 27.6 Å². The molecule has 0 saturated heterocycles. The summed E-state index contributed by atoms with van der Waals surface area (Å²) in [6.07, 6.45) is 2.01. The quantitative estimate of drug-likeness (QED) is 0.583. The molecule has 0 aliphatic heterocycles. The Morgan fingerprint density at radius 3 is 2.57 bits per heavy atom. The Morgan fingerprint density at radius 1 is 1.17 bits per heavy atom. The van der Waals surface area contributed by atoms with Crippen LogP contribution in [0.1, 0.15) is 35.9 Å². The average Bonchev–Trinajstić information content (AvgIpc) is 3.17. The van der Waals surface area contributed by atoms with E-state index in [1.54, 1.807) is 13.4 Å². The molecule has 0 saturated carbocycles. The van der Waals surface area contributed by atoms with Crippen LogP contribution in [0.4, 0.5) is 0 Å². The molecule has 2 aromatic carbocycles. The largest absolute Gasteiger partial charge is 0.497 e. The molecular weight excluding hydrogens is 378 g/mol. The van der Waals surface area contributed by atoms with Crippen molar-refractivity contribution in [3.05, 3.63) is 71.3 Å². The maximum atomic E-state index is 11.9. The zero-order chi connectivity index (χ0) is 21.5. The van der Waals surface area contributed by atoms with Gasteiger partial charge < -0.3 is 10.1 Å². The van der Waals surface area contributed by atoms with Crippen molar-refractivity contribution in [2.75, 3.05) is 20.2 Å². The Morgan fingerprint density at radius 2 is 1.93 bits per heavy atom. The second-order valence-corrected chi connectivity index (χ2v) is 6.93. The molecule has 3 rings (SSSR count). The van der Waals surface area contributed by atoms with Crippen molar-refractivity contribution in [2.45, 2.75) is 27.2 Å². The maximum Gasteiger partial charge on any atom is 0.221 e. The summed E-state index contributed by atoms with van der Waals surface area (Å²) in [6.45, 7) is 6.85. The second kappa shape index (κ2) is 9.82. The lowest BCUT2D eigenvalue weighted by Gasteiger charge is -2.16. The standard InChI is InChI=1S/C23H27N5O2/c1-5-24-22(29)12-13-25-23(18-8-6-16(2)7-9-18)20-14-19(30-4)10-11-21(20)28-15-26-27-17(28)3/h6-11,14-15H,5,12-13H2,1-4H3,(H,24,29). The number of benzene rings is 2. The van der Waals surface area contributed by atoms with Crippen LogP contribution in [-0.4, -0.2) is 46.6 Å². The van der Waals surface area contributed by atoms with Gasteiger partial charge in [-0.25, -0.2) is 0 Å². The maximum absolute atomic E-state index is 11.9. The molecule has 1 N–H and O–H groups in total. The van der Waals surface area contributed by atoms with E-state index in [0.29, 0.717) is 19.5 Å². The minimum atomic E-state index is -0.00924. The van der Waals surface area contributed by atoms with Gasteiger partial charge in [0, 0.05) is 30.6 Å². The monoisotopic (exact) mass is 405 g/mol. The van der Waals surface area contributed by atoms with E-state index in [1.165, 1.54) is 5.56 Å². The van der Waals surface area contributed by atoms with E-state index in [-0.39, 0.29) is 5.91 Å². The van der Waals surface area contributed by atoms with Gasteiger partial charge in [-0.2, -0.15) is 0 Å². The van der Waals surface area contributed by atoms with Gasteiger partial charge in [-0.3, -0.25) is 14.4 Å². The molecule has 0 unspecified atom stereocenters. The first-order chi connectivity index (χ1) is 14.5. The number of carbonyl (C=O) groups is 1. The molecule has 0 atom stereocenters. The Labute approximate surface area is 176 Å². The van der Waals surface area contributed by atoms with Crippen LogP contribution in [0.25, 0.3) is 5.69 Å². The number of aliphatic imine (C=N–C) groups is 1. The molecule has 3 aromatic rings. The van der Waals surface area contributed by atoms with Crippen LogP contribution in [0.15, 0.2) is 53.8 Å². The smallest absolute Gasteiger partial charge is 0.221 e. The van der Waals surface area contributed by atoms with Gasteiger partial charge in [0.2, 0.25) is 5.91 Å². The zero-order valence-electron chi connectivity index (χ0n) is 17.8. The van der Waals surface area contributed by atoms with Crippen LogP contribution in [-0.2, 0) is 4.79 Å². The molecule has 0 aliphatic carbocycles. The third-order valence-electron chi connectivity index (χ3n) is 4.74. The first-order valence-corrected chi connectivity index (χ1v) is 9.97. The van der Waals surface area contributed by atoms with Crippen molar-refractivity contribution < 1.29 is 9.53 Å². The van der Waals surface area contributed by atoms with Gasteiger partial charge in [0.05, 0.1) is 18.5 Å². The molecule has 0 fully saturated rings. The third-order valence-corrected chi connectivity index (χ3v) is 4.74. The summed E-state index contributed by atoms with van der Waals surface area (Å²) in [6, 6.07) is 14.0. The highest BCUT2D eigenvalue weighted by Gasteiger charge is 2.16. The summed E-state index contributed by atoms with van der Waals surface area (Å²) < 4.78 is 7.40. The number of nitrogens with one attached hydrogen (secondary N) is 1. The molecule has 7 nitrogen and oxygen atoms in total. The number of amides is 1. The van der Waals surface area contributed by atoms with Crippen LogP contribution in [0.2, 0.25) is 0 Å². The van der Waals surface area contributed by atoms with Gasteiger partial charge >= 0.3 is 0 Å². The van der Waals surface area contributed by atoms with Crippen molar-refractivity contribution in [1.82, 2.24) is 20.1 Å². The number of nitrogens with zero attached hydrogens (tertiary/aromatic N) is 4. The highest BCUT2D eigenvalue weighted by atomic mass is 16.5. The van der Waals surface area contributed by atoms with E-state index in [1.807, 2.05) is 55.7 Å².